The average molecular weight is 569 g/mol. The molecule has 3 heteroatoms. The molecule has 0 unspecified atom stereocenters. The fourth-order valence-electron chi connectivity index (χ4n) is 3.20. The summed E-state index contributed by atoms with van der Waals surface area (Å²) in [5.74, 6) is 0. The van der Waals surface area contributed by atoms with Gasteiger partial charge in [0.25, 0.3) is 0 Å². The van der Waals surface area contributed by atoms with Crippen LogP contribution in [0.3, 0.4) is 0 Å². The molecule has 1 aliphatic rings. The van der Waals surface area contributed by atoms with Crippen LogP contribution < -0.4 is 0 Å². The van der Waals surface area contributed by atoms with E-state index in [2.05, 4.69) is 83.0 Å². The van der Waals surface area contributed by atoms with Crippen LogP contribution in [0.2, 0.25) is 0 Å². The number of nitrogens with zero attached hydrogens (tertiary/aromatic N) is 1. The number of aromatic nitrogens is 1. The van der Waals surface area contributed by atoms with Gasteiger partial charge in [0.15, 0.2) is 0 Å². The maximum atomic E-state index is 4.47. The topological polar surface area (TPSA) is 12.9 Å². The number of hydrogen-bond donors (Lipinski definition) is 0. The summed E-state index contributed by atoms with van der Waals surface area (Å²) >= 11 is 0. The van der Waals surface area contributed by atoms with Crippen molar-refractivity contribution in [2.24, 2.45) is 0 Å². The monoisotopic (exact) mass is 569 g/mol. The Morgan fingerprint density at radius 3 is 1.48 bits per heavy atom. The number of hydrogen-bond acceptors (Lipinski definition) is 1. The van der Waals surface area contributed by atoms with E-state index in [1.54, 1.807) is 0 Å². The Morgan fingerprint density at radius 2 is 1.19 bits per heavy atom. The van der Waals surface area contributed by atoms with Gasteiger partial charge in [-0.2, -0.15) is 0 Å². The first kappa shape index (κ1) is 31.4. The average Bonchev–Trinajstić information content (AvgIpc) is 2.43. The van der Waals surface area contributed by atoms with Gasteiger partial charge in [-0.1, -0.05) is 30.4 Å². The quantitative estimate of drug-likeness (QED) is 0.200. The molecule has 0 bridgehead atoms. The van der Waals surface area contributed by atoms with Crippen molar-refractivity contribution < 1.29 is 20.1 Å². The Kier molecular flexibility index (Phi) is 18.2. The van der Waals surface area contributed by atoms with Gasteiger partial charge in [-0.05, 0) is 79.4 Å². The first-order chi connectivity index (χ1) is 11.2. The van der Waals surface area contributed by atoms with Crippen molar-refractivity contribution in [1.29, 1.82) is 0 Å². The molecular formula is C24H43IrNP-. The molecule has 1 aromatic heterocycles. The zero-order chi connectivity index (χ0) is 18.1. The van der Waals surface area contributed by atoms with Crippen LogP contribution in [0.4, 0.5) is 0 Å². The molecule has 27 heavy (non-hydrogen) atoms. The zero-order valence-electron chi connectivity index (χ0n) is 18.9. The van der Waals surface area contributed by atoms with Crippen LogP contribution in [0.25, 0.3) is 0 Å². The Labute approximate surface area is 185 Å². The molecule has 0 fully saturated rings. The van der Waals surface area contributed by atoms with Gasteiger partial charge in [0.05, 0.1) is 22.2 Å². The van der Waals surface area contributed by atoms with Crippen molar-refractivity contribution in [2.45, 2.75) is 83.7 Å². The smallest absolute Gasteiger partial charge is 0.1000 e. The van der Waals surface area contributed by atoms with Crippen molar-refractivity contribution >= 4 is 7.92 Å². The van der Waals surface area contributed by atoms with Gasteiger partial charge >= 0.3 is 0 Å². The van der Waals surface area contributed by atoms with Crippen molar-refractivity contribution in [3.8, 4) is 0 Å². The third kappa shape index (κ3) is 14.4. The fourth-order valence-corrected chi connectivity index (χ4v) is 7.08. The van der Waals surface area contributed by atoms with Gasteiger partial charge in [0, 0.05) is 34.2 Å². The van der Waals surface area contributed by atoms with E-state index >= 15 is 0 Å². The molecule has 1 nitrogen and oxygen atoms in total. The Hall–Kier alpha value is -0.291. The van der Waals surface area contributed by atoms with Crippen molar-refractivity contribution in [1.82, 2.24) is 4.98 Å². The zero-order valence-corrected chi connectivity index (χ0v) is 22.3. The second-order valence-corrected chi connectivity index (χ2v) is 12.9. The van der Waals surface area contributed by atoms with Crippen molar-refractivity contribution in [3.05, 3.63) is 69.2 Å². The summed E-state index contributed by atoms with van der Waals surface area (Å²) in [7, 11) is -0.491. The molecule has 0 aliphatic heterocycles. The number of allylic oxidation sites excluding steroid dienone is 4. The minimum Gasteiger partial charge on any atom is -0.358 e. The van der Waals surface area contributed by atoms with E-state index < -0.39 is 7.92 Å². The van der Waals surface area contributed by atoms with Crippen molar-refractivity contribution in [2.75, 3.05) is 0 Å². The molecule has 1 radical (unpaired) electrons. The maximum Gasteiger partial charge on any atom is 0.1000 e. The molecule has 1 aliphatic carbocycles. The van der Waals surface area contributed by atoms with Crippen LogP contribution in [0.5, 0.6) is 0 Å². The molecule has 0 saturated carbocycles. The van der Waals surface area contributed by atoms with E-state index in [0.717, 1.165) is 0 Å². The van der Waals surface area contributed by atoms with E-state index in [0.29, 0.717) is 10.3 Å². The number of rotatable bonds is 2. The van der Waals surface area contributed by atoms with Crippen LogP contribution in [0.1, 0.15) is 72.9 Å². The van der Waals surface area contributed by atoms with Crippen LogP contribution in [0, 0.1) is 14.9 Å². The Bertz CT molecular complexity index is 469. The van der Waals surface area contributed by atoms with Crippen LogP contribution >= 0.6 is 7.92 Å². The summed E-state index contributed by atoms with van der Waals surface area (Å²) in [6, 6.07) is 6.24. The predicted molar refractivity (Wildman–Crippen MR) is 125 cm³/mol. The molecule has 2 rings (SSSR count). The number of pyridine rings is 1. The molecule has 1 heterocycles. The molecule has 0 saturated heterocycles. The Balaban J connectivity index is -0.000000450. The molecule has 0 atom stereocenters. The normalized spacial score (nSPS) is 14.9. The Morgan fingerprint density at radius 1 is 0.778 bits per heavy atom. The van der Waals surface area contributed by atoms with E-state index in [1.165, 1.54) is 37.5 Å². The summed E-state index contributed by atoms with van der Waals surface area (Å²) in [6.45, 7) is 14.2. The molecule has 159 valence electrons. The largest absolute Gasteiger partial charge is 0.358 e. The second-order valence-electron chi connectivity index (χ2n) is 8.57. The molecule has 0 spiro atoms. The van der Waals surface area contributed by atoms with Gasteiger partial charge in [-0.3, -0.25) is 4.98 Å². The van der Waals surface area contributed by atoms with Gasteiger partial charge in [-0.15, -0.1) is 0 Å². The predicted octanol–water partition coefficient (Wildman–Crippen LogP) is 7.96. The van der Waals surface area contributed by atoms with Crippen LogP contribution in [-0.2, 0) is 26.3 Å². The van der Waals surface area contributed by atoms with E-state index in [-0.39, 0.29) is 35.0 Å². The summed E-state index contributed by atoms with van der Waals surface area (Å²) in [5, 5.41) is 0.834. The van der Waals surface area contributed by atoms with Crippen LogP contribution in [0.15, 0.2) is 48.7 Å². The molecular weight excluding hydrogens is 525 g/mol. The van der Waals surface area contributed by atoms with Gasteiger partial charge < -0.3 is 14.9 Å². The minimum atomic E-state index is -0.491. The summed E-state index contributed by atoms with van der Waals surface area (Å²) < 4.78 is 0. The third-order valence-electron chi connectivity index (χ3n) is 4.23. The summed E-state index contributed by atoms with van der Waals surface area (Å²) in [5.41, 5.74) is 1.25. The van der Waals surface area contributed by atoms with Gasteiger partial charge in [0.2, 0.25) is 0 Å². The minimum absolute atomic E-state index is 0. The third-order valence-corrected chi connectivity index (χ3v) is 8.57. The first-order valence-electron chi connectivity index (χ1n) is 9.28. The molecule has 1 aromatic rings. The molecule has 0 aromatic carbocycles. The SMILES string of the molecule is C1=CCC/C=C\CC1.CC(C)(C)[PH+](Cc1ccccn1)C(C)(C)C.[CH3-].[CH3-].[Ir]. The molecule has 0 amide bonds. The van der Waals surface area contributed by atoms with Gasteiger partial charge in [-0.25, -0.2) is 0 Å². The van der Waals surface area contributed by atoms with E-state index in [9.17, 15) is 0 Å². The molecule has 0 N–H and O–H groups in total. The summed E-state index contributed by atoms with van der Waals surface area (Å²) in [6.07, 6.45) is 17.1. The first-order valence-corrected chi connectivity index (χ1v) is 11.0. The van der Waals surface area contributed by atoms with E-state index in [4.69, 9.17) is 0 Å². The van der Waals surface area contributed by atoms with Gasteiger partial charge in [0.1, 0.15) is 0 Å². The van der Waals surface area contributed by atoms with Crippen molar-refractivity contribution in [3.63, 3.8) is 0 Å². The van der Waals surface area contributed by atoms with Crippen LogP contribution in [-0.4, -0.2) is 15.3 Å². The van der Waals surface area contributed by atoms with E-state index in [1.807, 2.05) is 12.3 Å². The maximum absolute atomic E-state index is 4.47. The second kappa shape index (κ2) is 15.6. The fraction of sp³-hybridized carbons (Fsp3) is 0.542. The standard InChI is InChI=1S/C14H24NP.C8H12.2CH3.Ir/c1-13(2,3)16(14(4,5)6)11-12-9-7-8-10-15-12;1-2-4-6-8-7-5-3-1;;;/h7-10H,11H2,1-6H3;1-2,7-8H,3-6H2;2*1H3;/q;;2*-1;/p+1/b;2-1-,8-7?;;;. The summed E-state index contributed by atoms with van der Waals surface area (Å²) in [4.78, 5) is 4.47.